The third kappa shape index (κ3) is 3.13. The van der Waals surface area contributed by atoms with Crippen molar-refractivity contribution in [2.75, 3.05) is 24.3 Å². The van der Waals surface area contributed by atoms with Crippen LogP contribution in [0.15, 0.2) is 30.5 Å². The first-order chi connectivity index (χ1) is 9.90. The molecule has 1 aromatic heterocycles. The van der Waals surface area contributed by atoms with Gasteiger partial charge in [0, 0.05) is 25.9 Å². The second-order valence-electron chi connectivity index (χ2n) is 4.47. The maximum atomic E-state index is 13.5. The van der Waals surface area contributed by atoms with Crippen LogP contribution in [0.2, 0.25) is 0 Å². The maximum Gasteiger partial charge on any atom is 0.255 e. The van der Waals surface area contributed by atoms with Crippen molar-refractivity contribution in [1.29, 1.82) is 0 Å². The van der Waals surface area contributed by atoms with E-state index in [2.05, 4.69) is 10.3 Å². The molecule has 0 unspecified atom stereocenters. The number of pyridine rings is 1. The average Bonchev–Trinajstić information content (AvgIpc) is 2.48. The van der Waals surface area contributed by atoms with Gasteiger partial charge in [0.2, 0.25) is 0 Å². The van der Waals surface area contributed by atoms with Gasteiger partial charge in [0.05, 0.1) is 5.69 Å². The summed E-state index contributed by atoms with van der Waals surface area (Å²) in [6.45, 7) is 0. The van der Waals surface area contributed by atoms with E-state index in [4.69, 9.17) is 0 Å². The van der Waals surface area contributed by atoms with Gasteiger partial charge in [-0.1, -0.05) is 0 Å². The van der Waals surface area contributed by atoms with Crippen molar-refractivity contribution in [3.63, 3.8) is 0 Å². The zero-order chi connectivity index (χ0) is 15.6. The fraction of sp³-hybridized carbons (Fsp3) is 0.143. The lowest BCUT2D eigenvalue weighted by molar-refractivity contribution is 0.102. The maximum absolute atomic E-state index is 13.5. The fourth-order valence-electron chi connectivity index (χ4n) is 1.62. The molecule has 0 atom stereocenters. The van der Waals surface area contributed by atoms with E-state index in [9.17, 15) is 18.0 Å². The number of aromatic nitrogens is 1. The van der Waals surface area contributed by atoms with E-state index in [0.29, 0.717) is 5.82 Å². The Bertz CT molecular complexity index is 689. The van der Waals surface area contributed by atoms with Crippen LogP contribution in [-0.4, -0.2) is 25.0 Å². The van der Waals surface area contributed by atoms with Crippen LogP contribution in [0.5, 0.6) is 0 Å². The molecule has 1 amide bonds. The number of hydrogen-bond acceptors (Lipinski definition) is 3. The highest BCUT2D eigenvalue weighted by Gasteiger charge is 2.16. The minimum Gasteiger partial charge on any atom is -0.363 e. The number of carbonyl (C=O) groups excluding carboxylic acids is 1. The Morgan fingerprint density at radius 1 is 1.14 bits per heavy atom. The second-order valence-corrected chi connectivity index (χ2v) is 4.47. The molecular weight excluding hydrogens is 283 g/mol. The predicted molar refractivity (Wildman–Crippen MR) is 72.8 cm³/mol. The lowest BCUT2D eigenvalue weighted by Gasteiger charge is -2.12. The normalized spacial score (nSPS) is 10.3. The van der Waals surface area contributed by atoms with Crippen molar-refractivity contribution in [3.8, 4) is 0 Å². The molecule has 4 nitrogen and oxygen atoms in total. The number of anilines is 2. The summed E-state index contributed by atoms with van der Waals surface area (Å²) in [5.41, 5.74) is -0.208. The molecule has 0 saturated heterocycles. The molecular formula is C14H12F3N3O. The monoisotopic (exact) mass is 295 g/mol. The molecule has 2 rings (SSSR count). The summed E-state index contributed by atoms with van der Waals surface area (Å²) in [4.78, 5) is 17.7. The second kappa shape index (κ2) is 5.82. The molecule has 0 aliphatic carbocycles. The van der Waals surface area contributed by atoms with Crippen LogP contribution in [0.1, 0.15) is 10.4 Å². The lowest BCUT2D eigenvalue weighted by Crippen LogP contribution is -2.16. The zero-order valence-corrected chi connectivity index (χ0v) is 11.3. The molecule has 0 aliphatic rings. The van der Waals surface area contributed by atoms with Gasteiger partial charge in [-0.3, -0.25) is 4.79 Å². The molecule has 21 heavy (non-hydrogen) atoms. The van der Waals surface area contributed by atoms with Gasteiger partial charge < -0.3 is 10.2 Å². The highest BCUT2D eigenvalue weighted by molar-refractivity contribution is 6.04. The Hall–Kier alpha value is -2.57. The van der Waals surface area contributed by atoms with E-state index in [-0.39, 0.29) is 5.56 Å². The van der Waals surface area contributed by atoms with Crippen molar-refractivity contribution < 1.29 is 18.0 Å². The third-order valence-corrected chi connectivity index (χ3v) is 2.75. The number of benzene rings is 1. The largest absolute Gasteiger partial charge is 0.363 e. The van der Waals surface area contributed by atoms with Gasteiger partial charge in [0.1, 0.15) is 5.82 Å². The Morgan fingerprint density at radius 2 is 1.86 bits per heavy atom. The molecule has 110 valence electrons. The van der Waals surface area contributed by atoms with Gasteiger partial charge in [-0.2, -0.15) is 0 Å². The van der Waals surface area contributed by atoms with E-state index < -0.39 is 29.0 Å². The number of halogens is 3. The highest BCUT2D eigenvalue weighted by Crippen LogP contribution is 2.20. The zero-order valence-electron chi connectivity index (χ0n) is 11.3. The van der Waals surface area contributed by atoms with Crippen LogP contribution in [0, 0.1) is 17.5 Å². The molecule has 0 aliphatic heterocycles. The highest BCUT2D eigenvalue weighted by atomic mass is 19.2. The van der Waals surface area contributed by atoms with E-state index >= 15 is 0 Å². The summed E-state index contributed by atoms with van der Waals surface area (Å²) < 4.78 is 39.4. The van der Waals surface area contributed by atoms with Crippen LogP contribution in [0.3, 0.4) is 0 Å². The molecule has 1 heterocycles. The van der Waals surface area contributed by atoms with Crippen molar-refractivity contribution in [3.05, 3.63) is 53.5 Å². The first-order valence-corrected chi connectivity index (χ1v) is 5.98. The Kier molecular flexibility index (Phi) is 4.11. The average molecular weight is 295 g/mol. The van der Waals surface area contributed by atoms with Crippen LogP contribution in [0.4, 0.5) is 24.7 Å². The number of rotatable bonds is 3. The van der Waals surface area contributed by atoms with Crippen LogP contribution in [0.25, 0.3) is 0 Å². The first-order valence-electron chi connectivity index (χ1n) is 5.98. The Balaban J connectivity index is 2.26. The smallest absolute Gasteiger partial charge is 0.255 e. The molecule has 0 radical (unpaired) electrons. The van der Waals surface area contributed by atoms with Gasteiger partial charge in [-0.15, -0.1) is 0 Å². The van der Waals surface area contributed by atoms with Crippen LogP contribution in [-0.2, 0) is 0 Å². The van der Waals surface area contributed by atoms with Crippen molar-refractivity contribution in [2.45, 2.75) is 0 Å². The van der Waals surface area contributed by atoms with E-state index in [1.807, 2.05) is 0 Å². The quantitative estimate of drug-likeness (QED) is 0.886. The van der Waals surface area contributed by atoms with E-state index in [0.717, 1.165) is 12.1 Å². The molecule has 2 aromatic rings. The summed E-state index contributed by atoms with van der Waals surface area (Å²) in [7, 11) is 3.50. The lowest BCUT2D eigenvalue weighted by atomic mass is 10.2. The predicted octanol–water partition coefficient (Wildman–Crippen LogP) is 2.82. The van der Waals surface area contributed by atoms with Gasteiger partial charge >= 0.3 is 0 Å². The topological polar surface area (TPSA) is 45.2 Å². The van der Waals surface area contributed by atoms with Gasteiger partial charge in [0.15, 0.2) is 17.5 Å². The van der Waals surface area contributed by atoms with Crippen molar-refractivity contribution in [2.24, 2.45) is 0 Å². The molecule has 0 bridgehead atoms. The summed E-state index contributed by atoms with van der Waals surface area (Å²) in [5.74, 6) is -4.50. The number of nitrogens with one attached hydrogen (secondary N) is 1. The fourth-order valence-corrected chi connectivity index (χ4v) is 1.62. The minimum absolute atomic E-state index is 0.220. The number of hydrogen-bond donors (Lipinski definition) is 1. The Labute approximate surface area is 119 Å². The number of carbonyl (C=O) groups is 1. The molecule has 0 fully saturated rings. The van der Waals surface area contributed by atoms with Crippen molar-refractivity contribution >= 4 is 17.4 Å². The summed E-state index contributed by atoms with van der Waals surface area (Å²) in [6.07, 6.45) is 1.42. The molecule has 0 saturated carbocycles. The summed E-state index contributed by atoms with van der Waals surface area (Å²) in [5, 5.41) is 2.19. The van der Waals surface area contributed by atoms with Crippen LogP contribution < -0.4 is 10.2 Å². The Morgan fingerprint density at radius 3 is 2.52 bits per heavy atom. The van der Waals surface area contributed by atoms with Gasteiger partial charge in [-0.05, 0) is 24.3 Å². The van der Waals surface area contributed by atoms with E-state index in [1.165, 1.54) is 18.3 Å². The molecule has 1 aromatic carbocycles. The third-order valence-electron chi connectivity index (χ3n) is 2.75. The van der Waals surface area contributed by atoms with E-state index in [1.54, 1.807) is 19.0 Å². The van der Waals surface area contributed by atoms with Gasteiger partial charge in [-0.25, -0.2) is 18.2 Å². The SMILES string of the molecule is CN(C)c1cc(C(=O)Nc2ccc(F)c(F)c2F)ccn1. The van der Waals surface area contributed by atoms with Crippen LogP contribution >= 0.6 is 0 Å². The number of nitrogens with zero attached hydrogens (tertiary/aromatic N) is 2. The minimum atomic E-state index is -1.63. The standard InChI is InChI=1S/C14H12F3N3O/c1-20(2)11-7-8(5-6-18-11)14(21)19-10-4-3-9(15)12(16)13(10)17/h3-7H,1-2H3,(H,19,21). The first kappa shape index (κ1) is 14.8. The summed E-state index contributed by atoms with van der Waals surface area (Å²) in [6, 6.07) is 4.62. The number of amides is 1. The van der Waals surface area contributed by atoms with Crippen molar-refractivity contribution in [1.82, 2.24) is 4.98 Å². The molecule has 0 spiro atoms. The van der Waals surface area contributed by atoms with Gasteiger partial charge in [0.25, 0.3) is 5.91 Å². The molecule has 7 heteroatoms. The summed E-state index contributed by atoms with van der Waals surface area (Å²) >= 11 is 0. The molecule has 1 N–H and O–H groups in total.